The van der Waals surface area contributed by atoms with E-state index in [1.165, 1.54) is 11.8 Å². The number of aliphatic hydroxyl groups excluding tert-OH is 4. The van der Waals surface area contributed by atoms with E-state index in [1.807, 2.05) is 0 Å². The zero-order chi connectivity index (χ0) is 25.2. The molecule has 0 aliphatic rings. The van der Waals surface area contributed by atoms with Crippen LogP contribution < -0.4 is 9.47 Å². The zero-order valence-corrected chi connectivity index (χ0v) is 20.3. The smallest absolute Gasteiger partial charge is 0.306 e. The Labute approximate surface area is 204 Å². The van der Waals surface area contributed by atoms with Gasteiger partial charge in [0, 0.05) is 18.2 Å². The zero-order valence-electron chi connectivity index (χ0n) is 19.5. The van der Waals surface area contributed by atoms with Crippen molar-refractivity contribution in [3.8, 4) is 11.5 Å². The number of aliphatic hydroxyl groups is 4. The van der Waals surface area contributed by atoms with Crippen molar-refractivity contribution in [2.75, 3.05) is 44.5 Å². The van der Waals surface area contributed by atoms with E-state index in [4.69, 9.17) is 24.1 Å². The molecule has 0 fully saturated rings. The lowest BCUT2D eigenvalue weighted by Crippen LogP contribution is -2.21. The van der Waals surface area contributed by atoms with Crippen LogP contribution in [-0.2, 0) is 19.1 Å². The van der Waals surface area contributed by atoms with Gasteiger partial charge in [0.2, 0.25) is 0 Å². The molecule has 0 aromatic heterocycles. The van der Waals surface area contributed by atoms with Crippen LogP contribution >= 0.6 is 11.8 Å². The van der Waals surface area contributed by atoms with E-state index in [2.05, 4.69) is 0 Å². The van der Waals surface area contributed by atoms with Gasteiger partial charge in [-0.15, -0.1) is 0 Å². The molecule has 0 aliphatic carbocycles. The summed E-state index contributed by atoms with van der Waals surface area (Å²) in [6.45, 7) is 1.76. The third kappa shape index (κ3) is 15.0. The number of rotatable bonds is 19. The molecule has 0 bridgehead atoms. The standard InChI is InChI=1S/C23H36O10S/c1-2-30-22(28)6-7-23(29)31-10-8-17(25)14-32-20-4-3-5-21(12-20)33-15-18(26)9-11-34-16-19(27)13-24/h3-5,12,17-19,24-27H,2,6-11,13-16H2,1H3. The largest absolute Gasteiger partial charge is 0.491 e. The highest BCUT2D eigenvalue weighted by atomic mass is 32.2. The average Bonchev–Trinajstić information content (AvgIpc) is 2.83. The van der Waals surface area contributed by atoms with Gasteiger partial charge in [0.15, 0.2) is 0 Å². The Morgan fingerprint density at radius 1 is 0.912 bits per heavy atom. The molecule has 10 nitrogen and oxygen atoms in total. The first-order valence-electron chi connectivity index (χ1n) is 11.2. The van der Waals surface area contributed by atoms with Gasteiger partial charge in [0.05, 0.1) is 51.0 Å². The van der Waals surface area contributed by atoms with Crippen LogP contribution in [0.5, 0.6) is 11.5 Å². The summed E-state index contributed by atoms with van der Waals surface area (Å²) < 4.78 is 20.9. The molecule has 0 saturated heterocycles. The molecule has 0 aliphatic heterocycles. The van der Waals surface area contributed by atoms with Crippen molar-refractivity contribution in [3.63, 3.8) is 0 Å². The van der Waals surface area contributed by atoms with Crippen molar-refractivity contribution in [1.29, 1.82) is 0 Å². The SMILES string of the molecule is CCOC(=O)CCC(=O)OCCC(O)COc1cccc(OCC(O)CCSCC(O)CO)c1. The van der Waals surface area contributed by atoms with Crippen LogP contribution in [0.15, 0.2) is 24.3 Å². The molecule has 11 heteroatoms. The molecule has 1 aromatic carbocycles. The molecule has 1 aromatic rings. The second-order valence-electron chi connectivity index (χ2n) is 7.42. The Morgan fingerprint density at radius 2 is 1.50 bits per heavy atom. The molecule has 194 valence electrons. The number of carbonyl (C=O) groups is 2. The number of hydrogen-bond donors (Lipinski definition) is 4. The van der Waals surface area contributed by atoms with E-state index in [1.54, 1.807) is 31.2 Å². The van der Waals surface area contributed by atoms with Gasteiger partial charge in [-0.25, -0.2) is 0 Å². The third-order valence-electron chi connectivity index (χ3n) is 4.36. The lowest BCUT2D eigenvalue weighted by atomic mass is 10.2. The van der Waals surface area contributed by atoms with E-state index in [0.29, 0.717) is 29.4 Å². The van der Waals surface area contributed by atoms with Gasteiger partial charge in [-0.3, -0.25) is 9.59 Å². The maximum Gasteiger partial charge on any atom is 0.306 e. The average molecular weight is 505 g/mol. The van der Waals surface area contributed by atoms with Crippen LogP contribution in [0, 0.1) is 0 Å². The molecule has 3 atom stereocenters. The molecule has 34 heavy (non-hydrogen) atoms. The Bertz CT molecular complexity index is 702. The van der Waals surface area contributed by atoms with E-state index in [0.717, 1.165) is 0 Å². The fourth-order valence-electron chi connectivity index (χ4n) is 2.51. The Balaban J connectivity index is 2.22. The number of ether oxygens (including phenoxy) is 4. The predicted molar refractivity (Wildman–Crippen MR) is 126 cm³/mol. The van der Waals surface area contributed by atoms with E-state index in [9.17, 15) is 24.9 Å². The van der Waals surface area contributed by atoms with Crippen LogP contribution in [0.3, 0.4) is 0 Å². The summed E-state index contributed by atoms with van der Waals surface area (Å²) in [4.78, 5) is 22.8. The molecule has 4 N–H and O–H groups in total. The van der Waals surface area contributed by atoms with Gasteiger partial charge in [-0.1, -0.05) is 6.07 Å². The van der Waals surface area contributed by atoms with Crippen molar-refractivity contribution in [2.45, 2.75) is 50.9 Å². The first kappa shape index (κ1) is 30.0. The van der Waals surface area contributed by atoms with E-state index >= 15 is 0 Å². The summed E-state index contributed by atoms with van der Waals surface area (Å²) in [7, 11) is 0. The second kappa shape index (κ2) is 18.3. The van der Waals surface area contributed by atoms with Gasteiger partial charge in [0.1, 0.15) is 24.7 Å². The van der Waals surface area contributed by atoms with Gasteiger partial charge in [-0.2, -0.15) is 11.8 Å². The second-order valence-corrected chi connectivity index (χ2v) is 8.57. The molecule has 0 radical (unpaired) electrons. The van der Waals surface area contributed by atoms with Crippen molar-refractivity contribution in [2.24, 2.45) is 0 Å². The minimum atomic E-state index is -0.855. The normalized spacial score (nSPS) is 13.6. The predicted octanol–water partition coefficient (Wildman–Crippen LogP) is 0.919. The summed E-state index contributed by atoms with van der Waals surface area (Å²) in [5.74, 6) is 1.03. The van der Waals surface area contributed by atoms with Crippen LogP contribution in [0.4, 0.5) is 0 Å². The summed E-state index contributed by atoms with van der Waals surface area (Å²) in [5.41, 5.74) is 0. The highest BCUT2D eigenvalue weighted by Crippen LogP contribution is 2.20. The van der Waals surface area contributed by atoms with Crippen LogP contribution in [0.2, 0.25) is 0 Å². The van der Waals surface area contributed by atoms with Crippen LogP contribution in [0.1, 0.15) is 32.6 Å². The first-order chi connectivity index (χ1) is 16.3. The monoisotopic (exact) mass is 504 g/mol. The molecule has 1 rings (SSSR count). The lowest BCUT2D eigenvalue weighted by molar-refractivity contribution is -0.150. The Hall–Kier alpha value is -2.05. The fraction of sp³-hybridized carbons (Fsp3) is 0.652. The molecule has 0 saturated carbocycles. The van der Waals surface area contributed by atoms with Crippen molar-refractivity contribution in [1.82, 2.24) is 0 Å². The van der Waals surface area contributed by atoms with Crippen molar-refractivity contribution < 1.29 is 49.0 Å². The number of carbonyl (C=O) groups excluding carboxylic acids is 2. The van der Waals surface area contributed by atoms with Gasteiger partial charge in [-0.05, 0) is 31.2 Å². The molecular formula is C23H36O10S. The minimum Gasteiger partial charge on any atom is -0.491 e. The third-order valence-corrected chi connectivity index (χ3v) is 5.50. The van der Waals surface area contributed by atoms with E-state index in [-0.39, 0.29) is 52.3 Å². The van der Waals surface area contributed by atoms with Crippen LogP contribution in [-0.4, -0.2) is 95.2 Å². The Morgan fingerprint density at radius 3 is 2.09 bits per heavy atom. The van der Waals surface area contributed by atoms with Gasteiger partial charge in [0.25, 0.3) is 0 Å². The summed E-state index contributed by atoms with van der Waals surface area (Å²) in [6, 6.07) is 6.79. The summed E-state index contributed by atoms with van der Waals surface area (Å²) in [5, 5.41) is 38.1. The number of esters is 2. The first-order valence-corrected chi connectivity index (χ1v) is 12.4. The van der Waals surface area contributed by atoms with Gasteiger partial charge < -0.3 is 39.4 Å². The maximum absolute atomic E-state index is 11.6. The molecule has 0 amide bonds. The minimum absolute atomic E-state index is 0.00444. The molecule has 0 heterocycles. The number of benzene rings is 1. The van der Waals surface area contributed by atoms with Crippen molar-refractivity contribution in [3.05, 3.63) is 24.3 Å². The Kier molecular flexibility index (Phi) is 16.1. The van der Waals surface area contributed by atoms with Gasteiger partial charge >= 0.3 is 11.9 Å². The lowest BCUT2D eigenvalue weighted by Gasteiger charge is -2.15. The van der Waals surface area contributed by atoms with Crippen LogP contribution in [0.25, 0.3) is 0 Å². The quantitative estimate of drug-likeness (QED) is 0.157. The molecule has 3 unspecified atom stereocenters. The topological polar surface area (TPSA) is 152 Å². The summed E-state index contributed by atoms with van der Waals surface area (Å²) in [6.07, 6.45) is -1.73. The highest BCUT2D eigenvalue weighted by Gasteiger charge is 2.12. The molecular weight excluding hydrogens is 468 g/mol. The fourth-order valence-corrected chi connectivity index (χ4v) is 3.50. The number of thioether (sulfide) groups is 1. The summed E-state index contributed by atoms with van der Waals surface area (Å²) >= 11 is 1.44. The number of hydrogen-bond acceptors (Lipinski definition) is 11. The maximum atomic E-state index is 11.6. The van der Waals surface area contributed by atoms with E-state index < -0.39 is 30.3 Å². The molecule has 0 spiro atoms. The van der Waals surface area contributed by atoms with Crippen molar-refractivity contribution >= 4 is 23.7 Å². The highest BCUT2D eigenvalue weighted by molar-refractivity contribution is 7.99.